The first-order valence-corrected chi connectivity index (χ1v) is 7.48. The van der Waals surface area contributed by atoms with E-state index in [4.69, 9.17) is 19.3 Å². The minimum Gasteiger partial charge on any atom is -0.491 e. The molecule has 4 heteroatoms. The first-order valence-electron chi connectivity index (χ1n) is 7.48. The van der Waals surface area contributed by atoms with Crippen LogP contribution in [0.1, 0.15) is 18.1 Å². The molecule has 4 nitrogen and oxygen atoms in total. The zero-order chi connectivity index (χ0) is 16.3. The van der Waals surface area contributed by atoms with Crippen molar-refractivity contribution in [2.24, 2.45) is 0 Å². The Balaban J connectivity index is 1.90. The van der Waals surface area contributed by atoms with E-state index in [1.54, 1.807) is 12.1 Å². The molecule has 23 heavy (non-hydrogen) atoms. The van der Waals surface area contributed by atoms with Gasteiger partial charge in [0.25, 0.3) is 0 Å². The summed E-state index contributed by atoms with van der Waals surface area (Å²) in [5.41, 5.74) is 1.80. The Labute approximate surface area is 136 Å². The van der Waals surface area contributed by atoms with Gasteiger partial charge in [-0.3, -0.25) is 0 Å². The minimum atomic E-state index is -0.329. The second-order valence-electron chi connectivity index (χ2n) is 4.62. The molecule has 0 heterocycles. The average Bonchev–Trinajstić information content (AvgIpc) is 2.59. The lowest BCUT2D eigenvalue weighted by molar-refractivity contribution is 0.0985. The molecule has 0 bridgehead atoms. The maximum absolute atomic E-state index is 8.68. The van der Waals surface area contributed by atoms with E-state index in [9.17, 15) is 0 Å². The molecule has 120 valence electrons. The van der Waals surface area contributed by atoms with Gasteiger partial charge in [0.1, 0.15) is 18.1 Å². The Bertz CT molecular complexity index is 636. The van der Waals surface area contributed by atoms with Gasteiger partial charge in [-0.25, -0.2) is 0 Å². The number of benzene rings is 2. The van der Waals surface area contributed by atoms with Crippen molar-refractivity contribution in [3.05, 3.63) is 59.7 Å². The molecule has 0 fully saturated rings. The average molecular weight is 312 g/mol. The van der Waals surface area contributed by atoms with Gasteiger partial charge in [0.05, 0.1) is 6.61 Å². The molecule has 0 aromatic heterocycles. The highest BCUT2D eigenvalue weighted by molar-refractivity contribution is 5.45. The number of hydrogen-bond acceptors (Lipinski definition) is 4. The van der Waals surface area contributed by atoms with Gasteiger partial charge < -0.3 is 19.3 Å². The van der Waals surface area contributed by atoms with E-state index in [1.165, 1.54) is 0 Å². The maximum atomic E-state index is 8.68. The molecule has 0 saturated carbocycles. The predicted molar refractivity (Wildman–Crippen MR) is 88.6 cm³/mol. The molecule has 0 aliphatic heterocycles. The van der Waals surface area contributed by atoms with Crippen molar-refractivity contribution in [3.8, 4) is 23.3 Å². The van der Waals surface area contributed by atoms with E-state index in [-0.39, 0.29) is 6.79 Å². The first-order chi connectivity index (χ1) is 11.3. The highest BCUT2D eigenvalue weighted by Crippen LogP contribution is 2.13. The van der Waals surface area contributed by atoms with Crippen LogP contribution in [0, 0.1) is 11.8 Å². The lowest BCUT2D eigenvalue weighted by Crippen LogP contribution is -2.06. The number of rotatable bonds is 7. The molecule has 2 aromatic carbocycles. The zero-order valence-electron chi connectivity index (χ0n) is 13.1. The normalized spacial score (nSPS) is 9.83. The van der Waals surface area contributed by atoms with Crippen molar-refractivity contribution >= 4 is 0 Å². The summed E-state index contributed by atoms with van der Waals surface area (Å²) in [6.45, 7) is 3.46. The summed E-state index contributed by atoms with van der Waals surface area (Å²) in [6, 6.07) is 14.9. The van der Waals surface area contributed by atoms with E-state index < -0.39 is 0 Å². The second kappa shape index (κ2) is 9.52. The summed E-state index contributed by atoms with van der Waals surface area (Å²) in [5.74, 6) is 7.60. The van der Waals surface area contributed by atoms with Crippen LogP contribution < -0.4 is 9.47 Å². The summed E-state index contributed by atoms with van der Waals surface area (Å²) in [4.78, 5) is 0. The Kier molecular flexibility index (Phi) is 6.99. The third-order valence-electron chi connectivity index (χ3n) is 2.99. The quantitative estimate of drug-likeness (QED) is 0.485. The van der Waals surface area contributed by atoms with Gasteiger partial charge >= 0.3 is 0 Å². The van der Waals surface area contributed by atoms with Crippen LogP contribution in [-0.4, -0.2) is 31.7 Å². The van der Waals surface area contributed by atoms with Crippen molar-refractivity contribution in [3.63, 3.8) is 0 Å². The third-order valence-corrected chi connectivity index (χ3v) is 2.99. The fraction of sp³-hybridized carbons (Fsp3) is 0.263. The number of aliphatic hydroxyl groups excluding tert-OH is 1. The maximum Gasteiger partial charge on any atom is 0.186 e. The van der Waals surface area contributed by atoms with Crippen molar-refractivity contribution in [1.29, 1.82) is 0 Å². The van der Waals surface area contributed by atoms with E-state index in [0.29, 0.717) is 25.6 Å². The summed E-state index contributed by atoms with van der Waals surface area (Å²) >= 11 is 0. The van der Waals surface area contributed by atoms with Crippen molar-refractivity contribution in [2.45, 2.75) is 6.92 Å². The number of aliphatic hydroxyl groups is 1. The van der Waals surface area contributed by atoms with Crippen LogP contribution in [0.2, 0.25) is 0 Å². The van der Waals surface area contributed by atoms with Gasteiger partial charge in [-0.15, -0.1) is 0 Å². The largest absolute Gasteiger partial charge is 0.491 e. The lowest BCUT2D eigenvalue weighted by atomic mass is 10.2. The van der Waals surface area contributed by atoms with E-state index in [0.717, 1.165) is 16.9 Å². The monoisotopic (exact) mass is 312 g/mol. The number of ether oxygens (including phenoxy) is 3. The van der Waals surface area contributed by atoms with Gasteiger partial charge in [-0.2, -0.15) is 0 Å². The molecule has 0 radical (unpaired) electrons. The molecule has 2 aromatic rings. The Morgan fingerprint density at radius 1 is 0.783 bits per heavy atom. The fourth-order valence-electron chi connectivity index (χ4n) is 1.85. The molecule has 0 atom stereocenters. The van der Waals surface area contributed by atoms with Crippen LogP contribution in [0.4, 0.5) is 0 Å². The van der Waals surface area contributed by atoms with Gasteiger partial charge in [0.2, 0.25) is 0 Å². The van der Waals surface area contributed by atoms with Crippen molar-refractivity contribution < 1.29 is 19.3 Å². The number of hydrogen-bond donors (Lipinski definition) is 1. The summed E-state index contributed by atoms with van der Waals surface area (Å²) in [7, 11) is 0. The molecule has 0 aliphatic carbocycles. The highest BCUT2D eigenvalue weighted by Gasteiger charge is 1.95. The molecule has 0 spiro atoms. The third kappa shape index (κ3) is 6.03. The van der Waals surface area contributed by atoms with Crippen molar-refractivity contribution in [2.75, 3.05) is 26.6 Å². The standard InChI is InChI=1S/C19H20O4/c1-2-21-13-14-22-18-9-5-16(6-10-18)3-4-17-7-11-19(12-8-17)23-15-20/h5-12,20H,2,13-15H2,1H3. The predicted octanol–water partition coefficient (Wildman–Crippen LogP) is 2.83. The molecular weight excluding hydrogens is 292 g/mol. The zero-order valence-corrected chi connectivity index (χ0v) is 13.1. The fourth-order valence-corrected chi connectivity index (χ4v) is 1.85. The van der Waals surface area contributed by atoms with E-state index >= 15 is 0 Å². The van der Waals surface area contributed by atoms with Crippen LogP contribution in [0.25, 0.3) is 0 Å². The van der Waals surface area contributed by atoms with Crippen LogP contribution in [-0.2, 0) is 4.74 Å². The van der Waals surface area contributed by atoms with Gasteiger partial charge in [-0.1, -0.05) is 11.8 Å². The molecule has 0 amide bonds. The summed E-state index contributed by atoms with van der Waals surface area (Å²) in [5, 5.41) is 8.68. The highest BCUT2D eigenvalue weighted by atomic mass is 16.6. The molecule has 0 unspecified atom stereocenters. The van der Waals surface area contributed by atoms with Gasteiger partial charge in [0.15, 0.2) is 6.79 Å². The van der Waals surface area contributed by atoms with E-state index in [2.05, 4.69) is 11.8 Å². The van der Waals surface area contributed by atoms with Gasteiger partial charge in [0, 0.05) is 17.7 Å². The Hall–Kier alpha value is -2.48. The smallest absolute Gasteiger partial charge is 0.186 e. The Morgan fingerprint density at radius 2 is 1.30 bits per heavy atom. The van der Waals surface area contributed by atoms with Gasteiger partial charge in [-0.05, 0) is 55.5 Å². The summed E-state index contributed by atoms with van der Waals surface area (Å²) < 4.78 is 15.7. The SMILES string of the molecule is CCOCCOc1ccc(C#Cc2ccc(OCO)cc2)cc1. The second-order valence-corrected chi connectivity index (χ2v) is 4.62. The van der Waals surface area contributed by atoms with Crippen LogP contribution in [0.3, 0.4) is 0 Å². The van der Waals surface area contributed by atoms with E-state index in [1.807, 2.05) is 43.3 Å². The molecule has 0 saturated heterocycles. The van der Waals surface area contributed by atoms with Crippen LogP contribution >= 0.6 is 0 Å². The molecule has 1 N–H and O–H groups in total. The van der Waals surface area contributed by atoms with Crippen LogP contribution in [0.5, 0.6) is 11.5 Å². The first kappa shape index (κ1) is 16.9. The summed E-state index contributed by atoms with van der Waals surface area (Å²) in [6.07, 6.45) is 0. The molecular formula is C19H20O4. The van der Waals surface area contributed by atoms with Crippen LogP contribution in [0.15, 0.2) is 48.5 Å². The lowest BCUT2D eigenvalue weighted by Gasteiger charge is -2.05. The van der Waals surface area contributed by atoms with Crippen molar-refractivity contribution in [1.82, 2.24) is 0 Å². The molecule has 0 aliphatic rings. The topological polar surface area (TPSA) is 47.9 Å². The molecule has 2 rings (SSSR count). The Morgan fingerprint density at radius 3 is 1.78 bits per heavy atom. The minimum absolute atomic E-state index is 0.329.